The molecule has 1 aliphatic carbocycles. The second kappa shape index (κ2) is 10.4. The molecule has 5 rings (SSSR count). The van der Waals surface area contributed by atoms with E-state index in [2.05, 4.69) is 27.7 Å². The van der Waals surface area contributed by atoms with Crippen LogP contribution in [0, 0.1) is 0 Å². The predicted octanol–water partition coefficient (Wildman–Crippen LogP) is 3.37. The first kappa shape index (κ1) is 24.5. The van der Waals surface area contributed by atoms with Crippen molar-refractivity contribution >= 4 is 18.0 Å². The summed E-state index contributed by atoms with van der Waals surface area (Å²) < 4.78 is 5.69. The van der Waals surface area contributed by atoms with Crippen LogP contribution in [0.2, 0.25) is 0 Å². The van der Waals surface area contributed by atoms with E-state index in [9.17, 15) is 14.4 Å². The van der Waals surface area contributed by atoms with Gasteiger partial charge in [-0.1, -0.05) is 78.9 Å². The zero-order valence-corrected chi connectivity index (χ0v) is 20.4. The van der Waals surface area contributed by atoms with Crippen molar-refractivity contribution in [2.45, 2.75) is 24.4 Å². The Kier molecular flexibility index (Phi) is 6.92. The third kappa shape index (κ3) is 5.20. The summed E-state index contributed by atoms with van der Waals surface area (Å²) in [5, 5.41) is 14.3. The highest BCUT2D eigenvalue weighted by molar-refractivity contribution is 5.92. The lowest BCUT2D eigenvalue weighted by atomic mass is 9.97. The van der Waals surface area contributed by atoms with Crippen molar-refractivity contribution in [3.8, 4) is 11.1 Å². The molecule has 8 heteroatoms. The van der Waals surface area contributed by atoms with E-state index in [0.29, 0.717) is 19.5 Å². The number of fused-ring (bicyclic) bond motifs is 3. The molecule has 1 unspecified atom stereocenters. The van der Waals surface area contributed by atoms with Gasteiger partial charge in [0.05, 0.1) is 0 Å². The molecule has 1 aliphatic heterocycles. The largest absolute Gasteiger partial charge is 0.480 e. The number of ether oxygens (including phenoxy) is 1. The first-order valence-corrected chi connectivity index (χ1v) is 12.3. The topological polar surface area (TPSA) is 108 Å². The number of benzene rings is 3. The third-order valence-electron chi connectivity index (χ3n) is 7.12. The molecular formula is C29H29N3O5. The Bertz CT molecular complexity index is 1270. The van der Waals surface area contributed by atoms with E-state index in [1.165, 1.54) is 0 Å². The van der Waals surface area contributed by atoms with Crippen molar-refractivity contribution in [3.05, 3.63) is 95.6 Å². The first-order valence-electron chi connectivity index (χ1n) is 12.3. The summed E-state index contributed by atoms with van der Waals surface area (Å²) in [6.07, 6.45) is -0.357. The zero-order chi connectivity index (χ0) is 25.8. The molecule has 0 bridgehead atoms. The molecule has 2 amide bonds. The summed E-state index contributed by atoms with van der Waals surface area (Å²) in [7, 11) is 0. The van der Waals surface area contributed by atoms with E-state index in [0.717, 1.165) is 27.8 Å². The van der Waals surface area contributed by atoms with Gasteiger partial charge in [-0.15, -0.1) is 0 Å². The number of carboxylic acids is 1. The van der Waals surface area contributed by atoms with Crippen LogP contribution < -0.4 is 10.6 Å². The van der Waals surface area contributed by atoms with Gasteiger partial charge in [-0.3, -0.25) is 14.5 Å². The lowest BCUT2D eigenvalue weighted by molar-refractivity contribution is -0.139. The number of carbonyl (C=O) groups is 3. The maximum absolute atomic E-state index is 13.1. The number of carbonyl (C=O) groups excluding carboxylic acids is 2. The predicted molar refractivity (Wildman–Crippen MR) is 138 cm³/mol. The molecule has 0 radical (unpaired) electrons. The van der Waals surface area contributed by atoms with E-state index in [1.807, 2.05) is 66.7 Å². The summed E-state index contributed by atoms with van der Waals surface area (Å²) in [5.74, 6) is -1.78. The van der Waals surface area contributed by atoms with Gasteiger partial charge in [-0.05, 0) is 34.2 Å². The number of nitrogens with zero attached hydrogens (tertiary/aromatic N) is 1. The van der Waals surface area contributed by atoms with Crippen molar-refractivity contribution in [2.24, 2.45) is 0 Å². The van der Waals surface area contributed by atoms with Crippen molar-refractivity contribution in [1.82, 2.24) is 15.5 Å². The number of carboxylic acid groups (broad SMARTS) is 1. The van der Waals surface area contributed by atoms with Gasteiger partial charge in [0.15, 0.2) is 0 Å². The van der Waals surface area contributed by atoms with Crippen LogP contribution >= 0.6 is 0 Å². The number of hydrogen-bond donors (Lipinski definition) is 3. The molecule has 1 fully saturated rings. The summed E-state index contributed by atoms with van der Waals surface area (Å²) >= 11 is 0. The number of likely N-dealkylation sites (tertiary alicyclic amines) is 1. The molecule has 37 heavy (non-hydrogen) atoms. The number of aliphatic carboxylic acids is 1. The number of nitrogens with one attached hydrogen (secondary N) is 2. The lowest BCUT2D eigenvalue weighted by Crippen LogP contribution is -2.61. The van der Waals surface area contributed by atoms with Gasteiger partial charge in [-0.25, -0.2) is 4.79 Å². The molecular weight excluding hydrogens is 470 g/mol. The molecule has 190 valence electrons. The highest BCUT2D eigenvalue weighted by Gasteiger charge is 2.46. The quantitative estimate of drug-likeness (QED) is 0.439. The van der Waals surface area contributed by atoms with Crippen LogP contribution in [0.3, 0.4) is 0 Å². The second-order valence-corrected chi connectivity index (χ2v) is 9.56. The van der Waals surface area contributed by atoms with Gasteiger partial charge in [-0.2, -0.15) is 0 Å². The Morgan fingerprint density at radius 1 is 0.919 bits per heavy atom. The van der Waals surface area contributed by atoms with E-state index in [-0.39, 0.29) is 19.1 Å². The Labute approximate surface area is 215 Å². The van der Waals surface area contributed by atoms with Crippen LogP contribution in [0.1, 0.15) is 29.0 Å². The highest BCUT2D eigenvalue weighted by Crippen LogP contribution is 2.44. The highest BCUT2D eigenvalue weighted by atomic mass is 16.5. The normalized spacial score (nSPS) is 18.6. The van der Waals surface area contributed by atoms with Gasteiger partial charge in [0.1, 0.15) is 18.7 Å². The summed E-state index contributed by atoms with van der Waals surface area (Å²) in [5.41, 5.74) is 4.26. The standard InChI is InChI=1S/C29H29N3O5/c33-26(34)16-30-27(35)29(14-15-32(19-29)17-20-8-2-1-3-9-20)31-28(36)37-18-25-23-12-6-4-10-21(23)22-11-5-7-13-24(22)25/h1-13,25H,14-19H2,(H,30,35)(H,31,36)(H,33,34). The van der Waals surface area contributed by atoms with E-state index in [4.69, 9.17) is 9.84 Å². The summed E-state index contributed by atoms with van der Waals surface area (Å²) in [6, 6.07) is 26.0. The average Bonchev–Trinajstić information content (AvgIpc) is 3.46. The Balaban J connectivity index is 1.29. The van der Waals surface area contributed by atoms with Crippen LogP contribution in [-0.2, 0) is 20.9 Å². The number of amides is 2. The van der Waals surface area contributed by atoms with Crippen LogP contribution in [0.5, 0.6) is 0 Å². The smallest absolute Gasteiger partial charge is 0.408 e. The Morgan fingerprint density at radius 2 is 1.54 bits per heavy atom. The molecule has 2 aliphatic rings. The Morgan fingerprint density at radius 3 is 2.19 bits per heavy atom. The molecule has 0 aromatic heterocycles. The van der Waals surface area contributed by atoms with Gasteiger partial charge in [0.2, 0.25) is 5.91 Å². The molecule has 3 aromatic carbocycles. The lowest BCUT2D eigenvalue weighted by Gasteiger charge is -2.29. The van der Waals surface area contributed by atoms with Gasteiger partial charge in [0.25, 0.3) is 0 Å². The van der Waals surface area contributed by atoms with Crippen molar-refractivity contribution in [1.29, 1.82) is 0 Å². The van der Waals surface area contributed by atoms with E-state index >= 15 is 0 Å². The SMILES string of the molecule is O=C(O)CNC(=O)C1(NC(=O)OCC2c3ccccc3-c3ccccc32)CCN(Cc2ccccc2)C1. The van der Waals surface area contributed by atoms with Crippen LogP contribution in [0.25, 0.3) is 11.1 Å². The third-order valence-corrected chi connectivity index (χ3v) is 7.12. The maximum atomic E-state index is 13.1. The average molecular weight is 500 g/mol. The molecule has 1 saturated heterocycles. The number of hydrogen-bond acceptors (Lipinski definition) is 5. The molecule has 0 spiro atoms. The van der Waals surface area contributed by atoms with Gasteiger partial charge >= 0.3 is 12.1 Å². The first-order chi connectivity index (χ1) is 17.9. The fourth-order valence-electron chi connectivity index (χ4n) is 5.36. The fraction of sp³-hybridized carbons (Fsp3) is 0.276. The second-order valence-electron chi connectivity index (χ2n) is 9.56. The molecule has 0 saturated carbocycles. The minimum absolute atomic E-state index is 0.104. The molecule has 8 nitrogen and oxygen atoms in total. The van der Waals surface area contributed by atoms with Crippen molar-refractivity contribution < 1.29 is 24.2 Å². The minimum Gasteiger partial charge on any atom is -0.480 e. The van der Waals surface area contributed by atoms with E-state index < -0.39 is 30.1 Å². The molecule has 1 atom stereocenters. The zero-order valence-electron chi connectivity index (χ0n) is 20.4. The molecule has 3 N–H and O–H groups in total. The van der Waals surface area contributed by atoms with Crippen molar-refractivity contribution in [3.63, 3.8) is 0 Å². The van der Waals surface area contributed by atoms with Crippen molar-refractivity contribution in [2.75, 3.05) is 26.2 Å². The van der Waals surface area contributed by atoms with Gasteiger partial charge < -0.3 is 20.5 Å². The van der Waals surface area contributed by atoms with Crippen LogP contribution in [-0.4, -0.2) is 59.8 Å². The summed E-state index contributed by atoms with van der Waals surface area (Å²) in [4.78, 5) is 39.3. The fourth-order valence-corrected chi connectivity index (χ4v) is 5.36. The van der Waals surface area contributed by atoms with Gasteiger partial charge in [0, 0.05) is 25.6 Å². The Hall–Kier alpha value is -4.17. The number of rotatable bonds is 8. The monoisotopic (exact) mass is 499 g/mol. The van der Waals surface area contributed by atoms with Crippen LogP contribution in [0.4, 0.5) is 4.79 Å². The summed E-state index contributed by atoms with van der Waals surface area (Å²) in [6.45, 7) is 1.03. The maximum Gasteiger partial charge on any atom is 0.408 e. The minimum atomic E-state index is -1.28. The van der Waals surface area contributed by atoms with Crippen LogP contribution in [0.15, 0.2) is 78.9 Å². The number of alkyl carbamates (subject to hydrolysis) is 1. The van der Waals surface area contributed by atoms with E-state index in [1.54, 1.807) is 0 Å². The molecule has 1 heterocycles. The molecule has 3 aromatic rings.